The summed E-state index contributed by atoms with van der Waals surface area (Å²) in [6.07, 6.45) is 9.36. The summed E-state index contributed by atoms with van der Waals surface area (Å²) < 4.78 is 0. The van der Waals surface area contributed by atoms with Gasteiger partial charge in [0.05, 0.1) is 11.6 Å². The van der Waals surface area contributed by atoms with Crippen LogP contribution in [0.15, 0.2) is 23.0 Å². The lowest BCUT2D eigenvalue weighted by molar-refractivity contribution is -0.177. The van der Waals surface area contributed by atoms with E-state index in [2.05, 4.69) is 54.5 Å². The maximum Gasteiger partial charge on any atom is 0.159 e. The third-order valence-electron chi connectivity index (χ3n) is 12.8. The topological polar surface area (TPSA) is 78.2 Å². The Balaban J connectivity index is 1.69. The molecular weight excluding hydrogens is 434 g/mol. The number of fused-ring (bicyclic) bond motifs is 7. The summed E-state index contributed by atoms with van der Waals surface area (Å²) in [5, 5.41) is 20.9. The number of hydrogen-bond acceptors (Lipinski definition) is 4. The predicted octanol–water partition coefficient (Wildman–Crippen LogP) is 6.97. The van der Waals surface area contributed by atoms with Crippen LogP contribution in [-0.4, -0.2) is 17.2 Å². The summed E-state index contributed by atoms with van der Waals surface area (Å²) in [6, 6.07) is 2.29. The Morgan fingerprint density at radius 2 is 1.74 bits per heavy atom. The van der Waals surface area contributed by atoms with Crippen LogP contribution in [-0.2, 0) is 9.59 Å². The lowest BCUT2D eigenvalue weighted by Crippen LogP contribution is -2.65. The summed E-state index contributed by atoms with van der Waals surface area (Å²) in [4.78, 5) is 26.9. The zero-order valence-corrected chi connectivity index (χ0v) is 22.7. The summed E-state index contributed by atoms with van der Waals surface area (Å²) >= 11 is 0. The SMILES string of the molecule is C[C@@H]1[C@H]2[C@H]3C(=O)C=C4[C@@]5(C)CC(C#N)=C(O)C(C)(C)[C@@H]5CC[C@@]4(C)[C@]3(C)CC[C@@]2(C=O)CC[C@H]1C. The molecule has 5 aliphatic rings. The van der Waals surface area contributed by atoms with E-state index in [0.717, 1.165) is 38.5 Å². The van der Waals surface area contributed by atoms with Gasteiger partial charge in [-0.1, -0.05) is 54.0 Å². The molecule has 0 heterocycles. The molecule has 0 amide bonds. The van der Waals surface area contributed by atoms with E-state index in [9.17, 15) is 20.0 Å². The highest BCUT2D eigenvalue weighted by atomic mass is 16.3. The number of aliphatic hydroxyl groups excluding tert-OH is 1. The normalized spacial score (nSPS) is 50.6. The first-order valence-corrected chi connectivity index (χ1v) is 13.8. The lowest BCUT2D eigenvalue weighted by Gasteiger charge is -2.69. The van der Waals surface area contributed by atoms with Gasteiger partial charge in [0.25, 0.3) is 0 Å². The minimum atomic E-state index is -0.506. The molecule has 0 aliphatic heterocycles. The average Bonchev–Trinajstić information content (AvgIpc) is 2.81. The van der Waals surface area contributed by atoms with E-state index in [-0.39, 0.29) is 51.0 Å². The second-order valence-corrected chi connectivity index (χ2v) is 14.3. The molecule has 3 saturated carbocycles. The first-order chi connectivity index (χ1) is 16.2. The maximum atomic E-state index is 14.3. The zero-order chi connectivity index (χ0) is 25.8. The van der Waals surface area contributed by atoms with E-state index in [1.165, 1.54) is 11.9 Å². The second kappa shape index (κ2) is 7.33. The fourth-order valence-corrected chi connectivity index (χ4v) is 10.4. The summed E-state index contributed by atoms with van der Waals surface area (Å²) in [7, 11) is 0. The molecule has 5 rings (SSSR count). The number of nitrogens with zero attached hydrogens (tertiary/aromatic N) is 1. The van der Waals surface area contributed by atoms with Crippen molar-refractivity contribution < 1.29 is 14.7 Å². The van der Waals surface area contributed by atoms with Gasteiger partial charge in [-0.2, -0.15) is 5.26 Å². The molecule has 9 atom stereocenters. The highest BCUT2D eigenvalue weighted by Gasteiger charge is 2.70. The van der Waals surface area contributed by atoms with Crippen molar-refractivity contribution in [3.63, 3.8) is 0 Å². The largest absolute Gasteiger partial charge is 0.511 e. The van der Waals surface area contributed by atoms with Crippen molar-refractivity contribution in [1.82, 2.24) is 0 Å². The van der Waals surface area contributed by atoms with Crippen LogP contribution in [0, 0.1) is 68.0 Å². The third-order valence-corrected chi connectivity index (χ3v) is 12.8. The smallest absolute Gasteiger partial charge is 0.159 e. The van der Waals surface area contributed by atoms with E-state index >= 15 is 0 Å². The van der Waals surface area contributed by atoms with Gasteiger partial charge in [-0.25, -0.2) is 0 Å². The molecule has 0 spiro atoms. The average molecular weight is 478 g/mol. The van der Waals surface area contributed by atoms with Crippen LogP contribution < -0.4 is 0 Å². The summed E-state index contributed by atoms with van der Waals surface area (Å²) in [5.74, 6) is 1.42. The van der Waals surface area contributed by atoms with Crippen molar-refractivity contribution >= 4 is 12.1 Å². The molecule has 5 aliphatic carbocycles. The molecule has 0 aromatic rings. The van der Waals surface area contributed by atoms with Gasteiger partial charge in [-0.15, -0.1) is 0 Å². The van der Waals surface area contributed by atoms with Crippen LogP contribution in [0.1, 0.15) is 93.4 Å². The van der Waals surface area contributed by atoms with Crippen LogP contribution in [0.5, 0.6) is 0 Å². The molecular formula is C31H43NO3. The zero-order valence-electron chi connectivity index (χ0n) is 22.7. The van der Waals surface area contributed by atoms with Crippen molar-refractivity contribution in [2.75, 3.05) is 0 Å². The molecule has 190 valence electrons. The van der Waals surface area contributed by atoms with Gasteiger partial charge in [-0.05, 0) is 90.9 Å². The van der Waals surface area contributed by atoms with Gasteiger partial charge in [0.1, 0.15) is 12.0 Å². The van der Waals surface area contributed by atoms with Crippen molar-refractivity contribution in [2.45, 2.75) is 93.4 Å². The molecule has 0 saturated heterocycles. The van der Waals surface area contributed by atoms with E-state index in [1.54, 1.807) is 0 Å². The number of hydrogen-bond donors (Lipinski definition) is 1. The molecule has 1 N–H and O–H groups in total. The van der Waals surface area contributed by atoms with E-state index < -0.39 is 5.41 Å². The standard InChI is InChI=1S/C31H43NO3/c1-18-8-11-31(17-33)13-12-30(7)25(24(31)19(18)2)21(34)14-23-28(5)15-20(16-32)26(35)27(3,4)22(28)9-10-29(23,30)6/h14,17-19,22,24-25,35H,8-13,15H2,1-7H3/t18-,19+,22+,24+,25-,28+,29-,30-,31-/m1/s1. The second-order valence-electron chi connectivity index (χ2n) is 14.3. The molecule has 0 bridgehead atoms. The van der Waals surface area contributed by atoms with Gasteiger partial charge in [0.15, 0.2) is 5.78 Å². The third kappa shape index (κ3) is 2.79. The van der Waals surface area contributed by atoms with Gasteiger partial charge < -0.3 is 9.90 Å². The number of aldehydes is 1. The first-order valence-electron chi connectivity index (χ1n) is 13.8. The number of nitriles is 1. The molecule has 0 radical (unpaired) electrons. The Morgan fingerprint density at radius 3 is 2.37 bits per heavy atom. The van der Waals surface area contributed by atoms with Crippen LogP contribution in [0.2, 0.25) is 0 Å². The molecule has 4 nitrogen and oxygen atoms in total. The Labute approximate surface area is 211 Å². The molecule has 35 heavy (non-hydrogen) atoms. The fourth-order valence-electron chi connectivity index (χ4n) is 10.4. The highest BCUT2D eigenvalue weighted by molar-refractivity contribution is 5.96. The Hall–Kier alpha value is -1.89. The van der Waals surface area contributed by atoms with Crippen molar-refractivity contribution in [2.24, 2.45) is 56.7 Å². The number of ketones is 1. The molecule has 3 fully saturated rings. The number of rotatable bonds is 1. The van der Waals surface area contributed by atoms with Crippen LogP contribution in [0.4, 0.5) is 0 Å². The maximum absolute atomic E-state index is 14.3. The van der Waals surface area contributed by atoms with Crippen molar-refractivity contribution in [3.05, 3.63) is 23.0 Å². The van der Waals surface area contributed by atoms with Crippen LogP contribution in [0.25, 0.3) is 0 Å². The van der Waals surface area contributed by atoms with Crippen molar-refractivity contribution in [3.8, 4) is 6.07 Å². The molecule has 0 aromatic carbocycles. The Kier molecular flexibility index (Phi) is 5.19. The van der Waals surface area contributed by atoms with Gasteiger partial charge in [-0.3, -0.25) is 4.79 Å². The fraction of sp³-hybridized carbons (Fsp3) is 0.774. The number of carbonyl (C=O) groups excluding carboxylic acids is 2. The molecule has 4 heteroatoms. The minimum absolute atomic E-state index is 0.0940. The number of allylic oxidation sites excluding steroid dienone is 4. The summed E-state index contributed by atoms with van der Waals surface area (Å²) in [6.45, 7) is 15.7. The lowest BCUT2D eigenvalue weighted by atomic mass is 9.34. The highest BCUT2D eigenvalue weighted by Crippen LogP contribution is 2.75. The quantitative estimate of drug-likeness (QED) is 0.414. The number of aliphatic hydroxyl groups is 1. The van der Waals surface area contributed by atoms with Gasteiger partial charge in [0, 0.05) is 16.7 Å². The van der Waals surface area contributed by atoms with Crippen LogP contribution in [0.3, 0.4) is 0 Å². The van der Waals surface area contributed by atoms with E-state index in [0.29, 0.717) is 23.8 Å². The van der Waals surface area contributed by atoms with E-state index in [4.69, 9.17) is 0 Å². The van der Waals surface area contributed by atoms with E-state index in [1.807, 2.05) is 6.08 Å². The molecule has 0 aromatic heterocycles. The van der Waals surface area contributed by atoms with Gasteiger partial charge >= 0.3 is 0 Å². The van der Waals surface area contributed by atoms with Crippen LogP contribution >= 0.6 is 0 Å². The van der Waals surface area contributed by atoms with Crippen molar-refractivity contribution in [1.29, 1.82) is 5.26 Å². The summed E-state index contributed by atoms with van der Waals surface area (Å²) in [5.41, 5.74) is 0.0608. The first kappa shape index (κ1) is 24.8. The van der Waals surface area contributed by atoms with Gasteiger partial charge in [0.2, 0.25) is 0 Å². The number of carbonyl (C=O) groups is 2. The Morgan fingerprint density at radius 1 is 1.06 bits per heavy atom. The predicted molar refractivity (Wildman–Crippen MR) is 136 cm³/mol. The molecule has 0 unspecified atom stereocenters. The monoisotopic (exact) mass is 477 g/mol. The minimum Gasteiger partial charge on any atom is -0.511 e. The Bertz CT molecular complexity index is 1090.